The predicted octanol–water partition coefficient (Wildman–Crippen LogP) is 3.06. The zero-order valence-electron chi connectivity index (χ0n) is 10.3. The summed E-state index contributed by atoms with van der Waals surface area (Å²) in [4.78, 5) is 17.1. The highest BCUT2D eigenvalue weighted by Gasteiger charge is 2.16. The number of anilines is 1. The van der Waals surface area contributed by atoms with Gasteiger partial charge in [0.2, 0.25) is 0 Å². The first kappa shape index (κ1) is 13.8. The van der Waals surface area contributed by atoms with Gasteiger partial charge in [0.25, 0.3) is 0 Å². The molecule has 1 aromatic rings. The lowest BCUT2D eigenvalue weighted by molar-refractivity contribution is 0.0697. The minimum Gasteiger partial charge on any atom is -0.478 e. The van der Waals surface area contributed by atoms with Gasteiger partial charge in [-0.2, -0.15) is 0 Å². The predicted molar refractivity (Wildman–Crippen MR) is 69.0 cm³/mol. The first-order valence-corrected chi connectivity index (χ1v) is 6.00. The molecule has 0 unspecified atom stereocenters. The number of hydrogen-bond acceptors (Lipinski definition) is 3. The number of carboxylic acids is 1. The van der Waals surface area contributed by atoms with Gasteiger partial charge < -0.3 is 10.0 Å². The lowest BCUT2D eigenvalue weighted by Crippen LogP contribution is -2.31. The van der Waals surface area contributed by atoms with E-state index in [1.54, 1.807) is 0 Å². The summed E-state index contributed by atoms with van der Waals surface area (Å²) in [6.07, 6.45) is 3.36. The number of hydrogen-bond donors (Lipinski definition) is 1. The third kappa shape index (κ3) is 3.09. The highest BCUT2D eigenvalue weighted by Crippen LogP contribution is 2.22. The van der Waals surface area contributed by atoms with Crippen molar-refractivity contribution in [2.75, 3.05) is 11.9 Å². The van der Waals surface area contributed by atoms with Crippen molar-refractivity contribution in [1.82, 2.24) is 4.98 Å². The van der Waals surface area contributed by atoms with Gasteiger partial charge in [-0.1, -0.05) is 25.4 Å². The molecule has 1 heterocycles. The van der Waals surface area contributed by atoms with Crippen molar-refractivity contribution in [3.05, 3.63) is 22.8 Å². The Morgan fingerprint density at radius 2 is 2.12 bits per heavy atom. The van der Waals surface area contributed by atoms with Gasteiger partial charge in [0, 0.05) is 19.3 Å². The maximum atomic E-state index is 11.0. The van der Waals surface area contributed by atoms with Crippen molar-refractivity contribution in [2.45, 2.75) is 32.7 Å². The van der Waals surface area contributed by atoms with Gasteiger partial charge in [-0.05, 0) is 18.9 Å². The number of halogens is 1. The van der Waals surface area contributed by atoms with E-state index in [-0.39, 0.29) is 10.6 Å². The molecule has 0 saturated heterocycles. The zero-order valence-corrected chi connectivity index (χ0v) is 11.0. The van der Waals surface area contributed by atoms with Crippen LogP contribution in [0.25, 0.3) is 0 Å². The quantitative estimate of drug-likeness (QED) is 0.880. The fourth-order valence-electron chi connectivity index (χ4n) is 1.81. The minimum atomic E-state index is -1.03. The second-order valence-corrected chi connectivity index (χ2v) is 4.32. The van der Waals surface area contributed by atoms with E-state index in [0.29, 0.717) is 11.9 Å². The van der Waals surface area contributed by atoms with Gasteiger partial charge in [-0.3, -0.25) is 0 Å². The second-order valence-electron chi connectivity index (χ2n) is 3.91. The van der Waals surface area contributed by atoms with E-state index in [2.05, 4.69) is 18.8 Å². The van der Waals surface area contributed by atoms with Crippen LogP contribution in [0, 0.1) is 0 Å². The standard InChI is InChI=1S/C12H17ClN2O2/c1-4-8(5-2)15(3)11-6-9(12(16)17)10(13)7-14-11/h6-8H,4-5H2,1-3H3,(H,16,17). The smallest absolute Gasteiger partial charge is 0.337 e. The number of carboxylic acid groups (broad SMARTS) is 1. The number of aromatic carboxylic acids is 1. The van der Waals surface area contributed by atoms with E-state index in [1.807, 2.05) is 11.9 Å². The summed E-state index contributed by atoms with van der Waals surface area (Å²) in [6.45, 7) is 4.19. The van der Waals surface area contributed by atoms with E-state index in [0.717, 1.165) is 12.8 Å². The molecular weight excluding hydrogens is 240 g/mol. The third-order valence-electron chi connectivity index (χ3n) is 2.92. The molecule has 94 valence electrons. The highest BCUT2D eigenvalue weighted by atomic mass is 35.5. The Bertz CT molecular complexity index is 405. The molecule has 5 heteroatoms. The fraction of sp³-hybridized carbons (Fsp3) is 0.500. The van der Waals surface area contributed by atoms with Crippen LogP contribution < -0.4 is 4.90 Å². The zero-order chi connectivity index (χ0) is 13.0. The molecule has 0 fully saturated rings. The van der Waals surface area contributed by atoms with Gasteiger partial charge >= 0.3 is 5.97 Å². The Labute approximate surface area is 106 Å². The van der Waals surface area contributed by atoms with Crippen molar-refractivity contribution in [2.24, 2.45) is 0 Å². The third-order valence-corrected chi connectivity index (χ3v) is 3.22. The summed E-state index contributed by atoms with van der Waals surface area (Å²) in [6, 6.07) is 1.87. The summed E-state index contributed by atoms with van der Waals surface area (Å²) in [5.41, 5.74) is 0.0921. The van der Waals surface area contributed by atoms with Crippen LogP contribution in [0.15, 0.2) is 12.3 Å². The summed E-state index contributed by atoms with van der Waals surface area (Å²) in [5.74, 6) is -0.392. The van der Waals surface area contributed by atoms with Crippen LogP contribution in [-0.4, -0.2) is 29.1 Å². The molecule has 0 aliphatic rings. The van der Waals surface area contributed by atoms with Crippen molar-refractivity contribution >= 4 is 23.4 Å². The number of aromatic nitrogens is 1. The molecule has 0 aliphatic carbocycles. The first-order valence-electron chi connectivity index (χ1n) is 5.62. The maximum Gasteiger partial charge on any atom is 0.337 e. The van der Waals surface area contributed by atoms with Crippen LogP contribution in [-0.2, 0) is 0 Å². The molecule has 4 nitrogen and oxygen atoms in total. The van der Waals surface area contributed by atoms with Gasteiger partial charge in [-0.15, -0.1) is 0 Å². The van der Waals surface area contributed by atoms with Crippen LogP contribution in [0.1, 0.15) is 37.0 Å². The Balaban J connectivity index is 3.06. The molecular formula is C12H17ClN2O2. The Morgan fingerprint density at radius 3 is 2.59 bits per heavy atom. The number of carbonyl (C=O) groups is 1. The SMILES string of the molecule is CCC(CC)N(C)c1cc(C(=O)O)c(Cl)cn1. The van der Waals surface area contributed by atoms with E-state index in [4.69, 9.17) is 16.7 Å². The maximum absolute atomic E-state index is 11.0. The Kier molecular flexibility index (Phi) is 4.75. The van der Waals surface area contributed by atoms with Gasteiger partial charge in [0.1, 0.15) is 5.82 Å². The van der Waals surface area contributed by atoms with Gasteiger partial charge in [0.05, 0.1) is 10.6 Å². The van der Waals surface area contributed by atoms with E-state index in [1.165, 1.54) is 12.3 Å². The molecule has 1 N–H and O–H groups in total. The van der Waals surface area contributed by atoms with Gasteiger partial charge in [0.15, 0.2) is 0 Å². The number of nitrogens with zero attached hydrogens (tertiary/aromatic N) is 2. The molecule has 0 bridgehead atoms. The van der Waals surface area contributed by atoms with Crippen LogP contribution in [0.3, 0.4) is 0 Å². The Morgan fingerprint density at radius 1 is 1.53 bits per heavy atom. The monoisotopic (exact) mass is 256 g/mol. The summed E-state index contributed by atoms with van der Waals surface area (Å²) < 4.78 is 0. The van der Waals surface area contributed by atoms with Crippen molar-refractivity contribution in [1.29, 1.82) is 0 Å². The summed E-state index contributed by atoms with van der Waals surface area (Å²) >= 11 is 5.78. The normalized spacial score (nSPS) is 10.6. The highest BCUT2D eigenvalue weighted by molar-refractivity contribution is 6.33. The number of rotatable bonds is 5. The summed E-state index contributed by atoms with van der Waals surface area (Å²) in [7, 11) is 1.92. The molecule has 0 aromatic carbocycles. The molecule has 0 spiro atoms. The molecule has 0 radical (unpaired) electrons. The molecule has 0 saturated carbocycles. The molecule has 0 atom stereocenters. The molecule has 1 rings (SSSR count). The van der Waals surface area contributed by atoms with Crippen LogP contribution >= 0.6 is 11.6 Å². The van der Waals surface area contributed by atoms with E-state index >= 15 is 0 Å². The van der Waals surface area contributed by atoms with Gasteiger partial charge in [-0.25, -0.2) is 9.78 Å². The molecule has 1 aromatic heterocycles. The topological polar surface area (TPSA) is 53.4 Å². The molecule has 0 amide bonds. The van der Waals surface area contributed by atoms with Crippen molar-refractivity contribution < 1.29 is 9.90 Å². The van der Waals surface area contributed by atoms with E-state index in [9.17, 15) is 4.79 Å². The average Bonchev–Trinajstić information content (AvgIpc) is 2.30. The fourth-order valence-corrected chi connectivity index (χ4v) is 1.99. The Hall–Kier alpha value is -1.29. The number of pyridine rings is 1. The summed E-state index contributed by atoms with van der Waals surface area (Å²) in [5, 5.41) is 9.16. The largest absolute Gasteiger partial charge is 0.478 e. The van der Waals surface area contributed by atoms with Crippen LogP contribution in [0.2, 0.25) is 5.02 Å². The van der Waals surface area contributed by atoms with Crippen molar-refractivity contribution in [3.8, 4) is 0 Å². The molecule has 0 aliphatic heterocycles. The van der Waals surface area contributed by atoms with Crippen molar-refractivity contribution in [3.63, 3.8) is 0 Å². The molecule has 17 heavy (non-hydrogen) atoms. The average molecular weight is 257 g/mol. The lowest BCUT2D eigenvalue weighted by Gasteiger charge is -2.27. The second kappa shape index (κ2) is 5.87. The van der Waals surface area contributed by atoms with Crippen LogP contribution in [0.4, 0.5) is 5.82 Å². The van der Waals surface area contributed by atoms with E-state index < -0.39 is 5.97 Å². The lowest BCUT2D eigenvalue weighted by atomic mass is 10.1. The minimum absolute atomic E-state index is 0.0921. The van der Waals surface area contributed by atoms with Crippen LogP contribution in [0.5, 0.6) is 0 Å². The first-order chi connectivity index (χ1) is 8.01.